The lowest BCUT2D eigenvalue weighted by Gasteiger charge is -2.29. The predicted octanol–water partition coefficient (Wildman–Crippen LogP) is 3.74. The predicted molar refractivity (Wildman–Crippen MR) is 76.1 cm³/mol. The van der Waals surface area contributed by atoms with E-state index in [1.54, 1.807) is 6.20 Å². The summed E-state index contributed by atoms with van der Waals surface area (Å²) >= 11 is 0. The Labute approximate surface area is 114 Å². The van der Waals surface area contributed by atoms with Gasteiger partial charge in [-0.25, -0.2) is 0 Å². The average molecular weight is 253 g/mol. The van der Waals surface area contributed by atoms with Crippen LogP contribution in [0.3, 0.4) is 0 Å². The lowest BCUT2D eigenvalue weighted by molar-refractivity contribution is 0.216. The summed E-state index contributed by atoms with van der Waals surface area (Å²) in [5.74, 6) is 0.629. The summed E-state index contributed by atoms with van der Waals surface area (Å²) in [4.78, 5) is 4.27. The number of hydrogen-bond donors (Lipinski definition) is 1. The van der Waals surface area contributed by atoms with Gasteiger partial charge in [0.15, 0.2) is 0 Å². The SMILES string of the molecule is Cc1ccc(C(O)c2ccccc2C2CCC2)cn1. The molecule has 1 N–H and O–H groups in total. The fraction of sp³-hybridized carbons (Fsp3) is 0.353. The topological polar surface area (TPSA) is 33.1 Å². The van der Waals surface area contributed by atoms with Crippen LogP contribution in [0.2, 0.25) is 0 Å². The Morgan fingerprint density at radius 2 is 1.95 bits per heavy atom. The van der Waals surface area contributed by atoms with Crippen molar-refractivity contribution >= 4 is 0 Å². The van der Waals surface area contributed by atoms with Crippen molar-refractivity contribution in [2.75, 3.05) is 0 Å². The molecule has 1 atom stereocenters. The summed E-state index contributed by atoms with van der Waals surface area (Å²) in [5, 5.41) is 10.6. The van der Waals surface area contributed by atoms with Crippen molar-refractivity contribution in [3.05, 3.63) is 65.0 Å². The molecule has 0 radical (unpaired) electrons. The molecule has 0 spiro atoms. The second-order valence-corrected chi connectivity index (χ2v) is 5.39. The average Bonchev–Trinajstić information content (AvgIpc) is 2.37. The molecule has 1 aromatic carbocycles. The number of hydrogen-bond acceptors (Lipinski definition) is 2. The summed E-state index contributed by atoms with van der Waals surface area (Å²) in [6, 6.07) is 12.2. The lowest BCUT2D eigenvalue weighted by Crippen LogP contribution is -2.13. The molecule has 1 saturated carbocycles. The van der Waals surface area contributed by atoms with Crippen LogP contribution in [0, 0.1) is 6.92 Å². The Morgan fingerprint density at radius 1 is 1.16 bits per heavy atom. The van der Waals surface area contributed by atoms with Gasteiger partial charge in [-0.15, -0.1) is 0 Å². The number of rotatable bonds is 3. The fourth-order valence-electron chi connectivity index (χ4n) is 2.67. The van der Waals surface area contributed by atoms with Gasteiger partial charge in [0.25, 0.3) is 0 Å². The van der Waals surface area contributed by atoms with Crippen LogP contribution in [-0.4, -0.2) is 10.1 Å². The van der Waals surface area contributed by atoms with Crippen molar-refractivity contribution in [3.63, 3.8) is 0 Å². The van der Waals surface area contributed by atoms with Gasteiger partial charge in [-0.1, -0.05) is 36.8 Å². The third kappa shape index (κ3) is 2.41. The highest BCUT2D eigenvalue weighted by atomic mass is 16.3. The molecule has 3 rings (SSSR count). The van der Waals surface area contributed by atoms with Gasteiger partial charge < -0.3 is 5.11 Å². The molecule has 0 aliphatic heterocycles. The van der Waals surface area contributed by atoms with E-state index in [1.807, 2.05) is 31.2 Å². The minimum atomic E-state index is -0.565. The normalized spacial score (nSPS) is 16.9. The van der Waals surface area contributed by atoms with Crippen LogP contribution in [-0.2, 0) is 0 Å². The Balaban J connectivity index is 1.94. The van der Waals surface area contributed by atoms with E-state index >= 15 is 0 Å². The fourth-order valence-corrected chi connectivity index (χ4v) is 2.67. The van der Waals surface area contributed by atoms with E-state index in [1.165, 1.54) is 24.8 Å². The van der Waals surface area contributed by atoms with E-state index in [2.05, 4.69) is 17.1 Å². The second kappa shape index (κ2) is 5.14. The Kier molecular flexibility index (Phi) is 3.34. The van der Waals surface area contributed by atoms with Crippen molar-refractivity contribution < 1.29 is 5.11 Å². The number of aromatic nitrogens is 1. The molecular formula is C17H19NO. The number of benzene rings is 1. The highest BCUT2D eigenvalue weighted by Crippen LogP contribution is 2.40. The second-order valence-electron chi connectivity index (χ2n) is 5.39. The molecule has 2 aromatic rings. The highest BCUT2D eigenvalue weighted by Gasteiger charge is 2.24. The molecule has 1 unspecified atom stereocenters. The van der Waals surface area contributed by atoms with Crippen molar-refractivity contribution in [3.8, 4) is 0 Å². The van der Waals surface area contributed by atoms with Gasteiger partial charge in [-0.05, 0) is 42.9 Å². The van der Waals surface area contributed by atoms with E-state index in [0.29, 0.717) is 5.92 Å². The molecular weight excluding hydrogens is 234 g/mol. The van der Waals surface area contributed by atoms with Crippen LogP contribution in [0.5, 0.6) is 0 Å². The first-order valence-electron chi connectivity index (χ1n) is 6.95. The Bertz CT molecular complexity index is 558. The number of aryl methyl sites for hydroxylation is 1. The molecule has 1 aromatic heterocycles. The van der Waals surface area contributed by atoms with E-state index in [-0.39, 0.29) is 0 Å². The smallest absolute Gasteiger partial charge is 0.106 e. The summed E-state index contributed by atoms with van der Waals surface area (Å²) in [6.07, 6.45) is 5.01. The first-order valence-corrected chi connectivity index (χ1v) is 6.95. The summed E-state index contributed by atoms with van der Waals surface area (Å²) in [5.41, 5.74) is 4.19. The van der Waals surface area contributed by atoms with Gasteiger partial charge in [0, 0.05) is 17.5 Å². The van der Waals surface area contributed by atoms with Crippen LogP contribution in [0.15, 0.2) is 42.6 Å². The molecule has 0 amide bonds. The minimum absolute atomic E-state index is 0.565. The quantitative estimate of drug-likeness (QED) is 0.904. The molecule has 1 aliphatic carbocycles. The van der Waals surface area contributed by atoms with Crippen LogP contribution >= 0.6 is 0 Å². The number of nitrogens with zero attached hydrogens (tertiary/aromatic N) is 1. The maximum Gasteiger partial charge on any atom is 0.106 e. The van der Waals surface area contributed by atoms with Crippen LogP contribution < -0.4 is 0 Å². The molecule has 1 fully saturated rings. The molecule has 98 valence electrons. The third-order valence-electron chi connectivity index (χ3n) is 4.09. The summed E-state index contributed by atoms with van der Waals surface area (Å²) < 4.78 is 0. The van der Waals surface area contributed by atoms with Gasteiger partial charge in [0.05, 0.1) is 0 Å². The van der Waals surface area contributed by atoms with Crippen LogP contribution in [0.25, 0.3) is 0 Å². The maximum absolute atomic E-state index is 10.6. The zero-order chi connectivity index (χ0) is 13.2. The van der Waals surface area contributed by atoms with Gasteiger partial charge >= 0.3 is 0 Å². The standard InChI is InChI=1S/C17H19NO/c1-12-9-10-14(11-18-12)17(19)16-8-3-2-7-15(16)13-5-4-6-13/h2-3,7-11,13,17,19H,4-6H2,1H3. The van der Waals surface area contributed by atoms with E-state index in [9.17, 15) is 5.11 Å². The zero-order valence-electron chi connectivity index (χ0n) is 11.2. The first-order chi connectivity index (χ1) is 9.25. The van der Waals surface area contributed by atoms with Gasteiger partial charge in [0.2, 0.25) is 0 Å². The molecule has 1 heterocycles. The lowest BCUT2D eigenvalue weighted by atomic mass is 9.77. The number of aliphatic hydroxyl groups is 1. The van der Waals surface area contributed by atoms with Crippen LogP contribution in [0.1, 0.15) is 53.7 Å². The van der Waals surface area contributed by atoms with E-state index in [0.717, 1.165) is 16.8 Å². The monoisotopic (exact) mass is 253 g/mol. The molecule has 2 heteroatoms. The van der Waals surface area contributed by atoms with Crippen molar-refractivity contribution in [2.24, 2.45) is 0 Å². The largest absolute Gasteiger partial charge is 0.384 e. The van der Waals surface area contributed by atoms with E-state index in [4.69, 9.17) is 0 Å². The van der Waals surface area contributed by atoms with Crippen molar-refractivity contribution in [1.29, 1.82) is 0 Å². The zero-order valence-corrected chi connectivity index (χ0v) is 11.2. The number of aliphatic hydroxyl groups excluding tert-OH is 1. The van der Waals surface area contributed by atoms with Crippen LogP contribution in [0.4, 0.5) is 0 Å². The Hall–Kier alpha value is -1.67. The first kappa shape index (κ1) is 12.4. The minimum Gasteiger partial charge on any atom is -0.384 e. The van der Waals surface area contributed by atoms with Crippen molar-refractivity contribution in [1.82, 2.24) is 4.98 Å². The van der Waals surface area contributed by atoms with Gasteiger partial charge in [-0.3, -0.25) is 4.98 Å². The molecule has 0 saturated heterocycles. The molecule has 0 bridgehead atoms. The van der Waals surface area contributed by atoms with E-state index < -0.39 is 6.10 Å². The Morgan fingerprint density at radius 3 is 2.58 bits per heavy atom. The van der Waals surface area contributed by atoms with Gasteiger partial charge in [0.1, 0.15) is 6.10 Å². The van der Waals surface area contributed by atoms with Crippen molar-refractivity contribution in [2.45, 2.75) is 38.2 Å². The molecule has 19 heavy (non-hydrogen) atoms. The third-order valence-corrected chi connectivity index (χ3v) is 4.09. The highest BCUT2D eigenvalue weighted by molar-refractivity contribution is 5.38. The summed E-state index contributed by atoms with van der Waals surface area (Å²) in [6.45, 7) is 1.96. The maximum atomic E-state index is 10.6. The molecule has 2 nitrogen and oxygen atoms in total. The number of pyridine rings is 1. The van der Waals surface area contributed by atoms with Gasteiger partial charge in [-0.2, -0.15) is 0 Å². The summed E-state index contributed by atoms with van der Waals surface area (Å²) in [7, 11) is 0. The molecule has 1 aliphatic rings.